The predicted molar refractivity (Wildman–Crippen MR) is 95.2 cm³/mol. The number of benzene rings is 2. The molecular formula is C17H18ClFN2O3S. The van der Waals surface area contributed by atoms with E-state index in [4.69, 9.17) is 16.3 Å². The minimum atomic E-state index is -3.83. The van der Waals surface area contributed by atoms with E-state index < -0.39 is 21.4 Å². The number of anilines is 1. The van der Waals surface area contributed by atoms with Crippen LogP contribution in [0.1, 0.15) is 13.3 Å². The summed E-state index contributed by atoms with van der Waals surface area (Å²) >= 11 is 6.18. The van der Waals surface area contributed by atoms with Crippen LogP contribution in [0, 0.1) is 5.82 Å². The molecule has 0 spiro atoms. The number of sulfonamides is 1. The lowest BCUT2D eigenvalue weighted by atomic mass is 10.1. The van der Waals surface area contributed by atoms with Crippen LogP contribution < -0.4 is 14.8 Å². The molecule has 1 heterocycles. The van der Waals surface area contributed by atoms with E-state index in [1.54, 1.807) is 18.2 Å². The Labute approximate surface area is 151 Å². The van der Waals surface area contributed by atoms with Gasteiger partial charge in [0.25, 0.3) is 10.0 Å². The Morgan fingerprint density at radius 3 is 2.60 bits per heavy atom. The van der Waals surface area contributed by atoms with E-state index in [1.807, 2.05) is 6.92 Å². The molecule has 0 bridgehead atoms. The van der Waals surface area contributed by atoms with Gasteiger partial charge in [0, 0.05) is 19.0 Å². The highest BCUT2D eigenvalue weighted by atomic mass is 35.5. The maximum atomic E-state index is 13.0. The van der Waals surface area contributed by atoms with E-state index in [9.17, 15) is 12.8 Å². The fourth-order valence-corrected chi connectivity index (χ4v) is 3.83. The molecule has 0 amide bonds. The number of hydrogen-bond acceptors (Lipinski definition) is 4. The molecule has 5 nitrogen and oxygen atoms in total. The first kappa shape index (κ1) is 18.0. The molecular weight excluding hydrogens is 367 g/mol. The zero-order chi connectivity index (χ0) is 18.1. The van der Waals surface area contributed by atoms with E-state index >= 15 is 0 Å². The van der Waals surface area contributed by atoms with Gasteiger partial charge in [-0.2, -0.15) is 0 Å². The summed E-state index contributed by atoms with van der Waals surface area (Å²) in [5, 5.41) is 3.62. The third-order valence-electron chi connectivity index (χ3n) is 3.99. The highest BCUT2D eigenvalue weighted by Crippen LogP contribution is 2.33. The molecule has 1 fully saturated rings. The van der Waals surface area contributed by atoms with Crippen molar-refractivity contribution in [1.82, 2.24) is 5.32 Å². The van der Waals surface area contributed by atoms with Gasteiger partial charge in [-0.15, -0.1) is 0 Å². The zero-order valence-corrected chi connectivity index (χ0v) is 15.1. The second-order valence-electron chi connectivity index (χ2n) is 6.18. The Kier molecular flexibility index (Phi) is 4.90. The standard InChI is InChI=1S/C17H18ClFN2O3S/c1-17(8-9-20-11-17)24-16-10-13(4-7-15(16)18)21-25(22,23)14-5-2-12(19)3-6-14/h2-7,10,20-21H,8-9,11H2,1H3/t17-/m1/s1. The highest BCUT2D eigenvalue weighted by Gasteiger charge is 2.31. The average Bonchev–Trinajstić information content (AvgIpc) is 2.97. The van der Waals surface area contributed by atoms with Gasteiger partial charge in [-0.3, -0.25) is 4.72 Å². The van der Waals surface area contributed by atoms with E-state index in [1.165, 1.54) is 12.1 Å². The molecule has 1 saturated heterocycles. The molecule has 134 valence electrons. The molecule has 25 heavy (non-hydrogen) atoms. The summed E-state index contributed by atoms with van der Waals surface area (Å²) in [7, 11) is -3.83. The number of hydrogen-bond donors (Lipinski definition) is 2. The largest absolute Gasteiger partial charge is 0.485 e. The minimum absolute atomic E-state index is 0.0294. The van der Waals surface area contributed by atoms with Crippen molar-refractivity contribution in [2.75, 3.05) is 17.8 Å². The Bertz CT molecular complexity index is 866. The second kappa shape index (κ2) is 6.82. The molecule has 3 rings (SSSR count). The van der Waals surface area contributed by atoms with Crippen molar-refractivity contribution in [2.24, 2.45) is 0 Å². The average molecular weight is 385 g/mol. The van der Waals surface area contributed by atoms with Gasteiger partial charge in [0.2, 0.25) is 0 Å². The molecule has 1 atom stereocenters. The summed E-state index contributed by atoms with van der Waals surface area (Å²) in [5.74, 6) is -0.0910. The first-order chi connectivity index (χ1) is 11.8. The lowest BCUT2D eigenvalue weighted by Gasteiger charge is -2.25. The van der Waals surface area contributed by atoms with E-state index in [2.05, 4.69) is 10.0 Å². The minimum Gasteiger partial charge on any atom is -0.485 e. The predicted octanol–water partition coefficient (Wildman–Crippen LogP) is 3.41. The van der Waals surface area contributed by atoms with Gasteiger partial charge in [0.1, 0.15) is 17.2 Å². The van der Waals surface area contributed by atoms with Crippen molar-refractivity contribution >= 4 is 27.3 Å². The number of ether oxygens (including phenoxy) is 1. The summed E-state index contributed by atoms with van der Waals surface area (Å²) in [6.07, 6.45) is 0.828. The third-order valence-corrected chi connectivity index (χ3v) is 5.70. The molecule has 1 aliphatic heterocycles. The third kappa shape index (κ3) is 4.23. The lowest BCUT2D eigenvalue weighted by Crippen LogP contribution is -2.34. The van der Waals surface area contributed by atoms with Crippen LogP contribution in [0.15, 0.2) is 47.4 Å². The van der Waals surface area contributed by atoms with E-state index in [0.717, 1.165) is 25.1 Å². The fraction of sp³-hybridized carbons (Fsp3) is 0.294. The van der Waals surface area contributed by atoms with Crippen LogP contribution in [0.3, 0.4) is 0 Å². The van der Waals surface area contributed by atoms with Gasteiger partial charge in [-0.25, -0.2) is 12.8 Å². The second-order valence-corrected chi connectivity index (χ2v) is 8.27. The Morgan fingerprint density at radius 1 is 1.24 bits per heavy atom. The maximum Gasteiger partial charge on any atom is 0.261 e. The summed E-state index contributed by atoms with van der Waals surface area (Å²) in [6.45, 7) is 3.51. The van der Waals surface area contributed by atoms with E-state index in [0.29, 0.717) is 23.0 Å². The maximum absolute atomic E-state index is 13.0. The molecule has 1 aliphatic rings. The van der Waals surface area contributed by atoms with Gasteiger partial charge in [-0.1, -0.05) is 11.6 Å². The van der Waals surface area contributed by atoms with Gasteiger partial charge in [0.05, 0.1) is 15.6 Å². The Hall–Kier alpha value is -1.83. The molecule has 2 aromatic rings. The summed E-state index contributed by atoms with van der Waals surface area (Å²) in [6, 6.07) is 9.27. The molecule has 8 heteroatoms. The molecule has 2 N–H and O–H groups in total. The lowest BCUT2D eigenvalue weighted by molar-refractivity contribution is 0.111. The number of nitrogens with one attached hydrogen (secondary N) is 2. The van der Waals surface area contributed by atoms with Gasteiger partial charge in [-0.05, 0) is 49.9 Å². The van der Waals surface area contributed by atoms with Crippen LogP contribution >= 0.6 is 11.6 Å². The SMILES string of the molecule is C[C@@]1(Oc2cc(NS(=O)(=O)c3ccc(F)cc3)ccc2Cl)CCNC1. The molecule has 0 saturated carbocycles. The first-order valence-electron chi connectivity index (χ1n) is 7.75. The fourth-order valence-electron chi connectivity index (χ4n) is 2.62. The molecule has 2 aromatic carbocycles. The normalized spacial score (nSPS) is 20.4. The van der Waals surface area contributed by atoms with Crippen LogP contribution in [0.25, 0.3) is 0 Å². The van der Waals surface area contributed by atoms with Gasteiger partial charge >= 0.3 is 0 Å². The first-order valence-corrected chi connectivity index (χ1v) is 9.61. The summed E-state index contributed by atoms with van der Waals surface area (Å²) in [4.78, 5) is -0.0294. The Balaban J connectivity index is 1.83. The van der Waals surface area contributed by atoms with Crippen molar-refractivity contribution in [3.63, 3.8) is 0 Å². The van der Waals surface area contributed by atoms with Crippen molar-refractivity contribution in [2.45, 2.75) is 23.8 Å². The van der Waals surface area contributed by atoms with Crippen molar-refractivity contribution in [3.05, 3.63) is 53.3 Å². The van der Waals surface area contributed by atoms with Crippen LogP contribution in [-0.2, 0) is 10.0 Å². The molecule has 0 aromatic heterocycles. The topological polar surface area (TPSA) is 67.4 Å². The number of halogens is 2. The van der Waals surface area contributed by atoms with E-state index in [-0.39, 0.29) is 4.90 Å². The molecule has 0 radical (unpaired) electrons. The monoisotopic (exact) mass is 384 g/mol. The van der Waals surface area contributed by atoms with Gasteiger partial charge < -0.3 is 10.1 Å². The van der Waals surface area contributed by atoms with Crippen LogP contribution in [0.2, 0.25) is 5.02 Å². The smallest absolute Gasteiger partial charge is 0.261 e. The van der Waals surface area contributed by atoms with Crippen LogP contribution in [0.4, 0.5) is 10.1 Å². The number of rotatable bonds is 5. The van der Waals surface area contributed by atoms with Crippen molar-refractivity contribution in [3.8, 4) is 5.75 Å². The van der Waals surface area contributed by atoms with Crippen LogP contribution in [-0.4, -0.2) is 27.1 Å². The zero-order valence-electron chi connectivity index (χ0n) is 13.6. The molecule has 0 aliphatic carbocycles. The Morgan fingerprint density at radius 2 is 1.96 bits per heavy atom. The quantitative estimate of drug-likeness (QED) is 0.829. The highest BCUT2D eigenvalue weighted by molar-refractivity contribution is 7.92. The summed E-state index contributed by atoms with van der Waals surface area (Å²) < 4.78 is 46.2. The summed E-state index contributed by atoms with van der Waals surface area (Å²) in [5.41, 5.74) is -0.0729. The van der Waals surface area contributed by atoms with Crippen LogP contribution in [0.5, 0.6) is 5.75 Å². The van der Waals surface area contributed by atoms with Crippen molar-refractivity contribution in [1.29, 1.82) is 0 Å². The molecule has 0 unspecified atom stereocenters. The van der Waals surface area contributed by atoms with Crippen molar-refractivity contribution < 1.29 is 17.5 Å². The van der Waals surface area contributed by atoms with Gasteiger partial charge in [0.15, 0.2) is 0 Å².